The van der Waals surface area contributed by atoms with Crippen LogP contribution in [0, 0.1) is 0 Å². The van der Waals surface area contributed by atoms with Crippen molar-refractivity contribution in [3.05, 3.63) is 35.4 Å². The van der Waals surface area contributed by atoms with Gasteiger partial charge in [0.05, 0.1) is 12.1 Å². The third-order valence-electron chi connectivity index (χ3n) is 4.26. The SMILES string of the molecule is CCC(OC)C(NC)c1ccccc1C1CCC1. The molecule has 0 bridgehead atoms. The fourth-order valence-electron chi connectivity index (χ4n) is 2.97. The molecule has 1 aliphatic carbocycles. The monoisotopic (exact) mass is 247 g/mol. The Bertz CT molecular complexity index is 369. The number of ether oxygens (including phenoxy) is 1. The molecule has 1 saturated carbocycles. The lowest BCUT2D eigenvalue weighted by atomic mass is 9.76. The van der Waals surface area contributed by atoms with E-state index in [1.54, 1.807) is 0 Å². The molecule has 1 N–H and O–H groups in total. The summed E-state index contributed by atoms with van der Waals surface area (Å²) >= 11 is 0. The summed E-state index contributed by atoms with van der Waals surface area (Å²) in [6.45, 7) is 2.18. The number of methoxy groups -OCH3 is 1. The molecular weight excluding hydrogens is 222 g/mol. The molecule has 1 aromatic rings. The fraction of sp³-hybridized carbons (Fsp3) is 0.625. The Hall–Kier alpha value is -0.860. The van der Waals surface area contributed by atoms with Crippen molar-refractivity contribution >= 4 is 0 Å². The molecule has 2 atom stereocenters. The van der Waals surface area contributed by atoms with Crippen molar-refractivity contribution < 1.29 is 4.74 Å². The number of likely N-dealkylation sites (N-methyl/N-ethyl adjacent to an activating group) is 1. The molecule has 0 spiro atoms. The fourth-order valence-corrected chi connectivity index (χ4v) is 2.97. The van der Waals surface area contributed by atoms with Crippen LogP contribution in [0.4, 0.5) is 0 Å². The zero-order valence-corrected chi connectivity index (χ0v) is 11.8. The summed E-state index contributed by atoms with van der Waals surface area (Å²) in [5.74, 6) is 0.770. The van der Waals surface area contributed by atoms with Crippen LogP contribution in [0.5, 0.6) is 0 Å². The second kappa shape index (κ2) is 6.35. The van der Waals surface area contributed by atoms with E-state index in [2.05, 4.69) is 36.5 Å². The van der Waals surface area contributed by atoms with Crippen LogP contribution in [0.1, 0.15) is 55.7 Å². The largest absolute Gasteiger partial charge is 0.379 e. The lowest BCUT2D eigenvalue weighted by Gasteiger charge is -2.32. The van der Waals surface area contributed by atoms with Gasteiger partial charge in [0.25, 0.3) is 0 Å². The molecule has 2 heteroatoms. The van der Waals surface area contributed by atoms with Crippen molar-refractivity contribution in [2.24, 2.45) is 0 Å². The minimum atomic E-state index is 0.247. The lowest BCUT2D eigenvalue weighted by Crippen LogP contribution is -2.32. The molecule has 0 saturated heterocycles. The number of benzene rings is 1. The zero-order valence-electron chi connectivity index (χ0n) is 11.8. The summed E-state index contributed by atoms with van der Waals surface area (Å²) in [6.07, 6.45) is 5.34. The smallest absolute Gasteiger partial charge is 0.0763 e. The summed E-state index contributed by atoms with van der Waals surface area (Å²) in [4.78, 5) is 0. The first-order chi connectivity index (χ1) is 8.81. The highest BCUT2D eigenvalue weighted by atomic mass is 16.5. The van der Waals surface area contributed by atoms with Gasteiger partial charge >= 0.3 is 0 Å². The van der Waals surface area contributed by atoms with Gasteiger partial charge in [-0.05, 0) is 43.4 Å². The average molecular weight is 247 g/mol. The minimum absolute atomic E-state index is 0.247. The maximum atomic E-state index is 5.63. The van der Waals surface area contributed by atoms with Crippen molar-refractivity contribution in [2.75, 3.05) is 14.2 Å². The number of hydrogen-bond acceptors (Lipinski definition) is 2. The molecular formula is C16H25NO. The molecule has 2 nitrogen and oxygen atoms in total. The molecule has 18 heavy (non-hydrogen) atoms. The normalized spacial score (nSPS) is 19.3. The maximum Gasteiger partial charge on any atom is 0.0763 e. The molecule has 2 rings (SSSR count). The highest BCUT2D eigenvalue weighted by Crippen LogP contribution is 2.40. The topological polar surface area (TPSA) is 21.3 Å². The van der Waals surface area contributed by atoms with Gasteiger partial charge in [0.15, 0.2) is 0 Å². The molecule has 2 unspecified atom stereocenters. The van der Waals surface area contributed by atoms with E-state index >= 15 is 0 Å². The van der Waals surface area contributed by atoms with Crippen LogP contribution < -0.4 is 5.32 Å². The summed E-state index contributed by atoms with van der Waals surface area (Å²) in [5.41, 5.74) is 2.96. The summed E-state index contributed by atoms with van der Waals surface area (Å²) < 4.78 is 5.63. The second-order valence-corrected chi connectivity index (χ2v) is 5.21. The second-order valence-electron chi connectivity index (χ2n) is 5.21. The van der Waals surface area contributed by atoms with Gasteiger partial charge in [0.1, 0.15) is 0 Å². The first-order valence-electron chi connectivity index (χ1n) is 7.10. The summed E-state index contributed by atoms with van der Waals surface area (Å²) in [7, 11) is 3.84. The molecule has 0 aromatic heterocycles. The molecule has 0 amide bonds. The molecule has 0 aliphatic heterocycles. The van der Waals surface area contributed by atoms with E-state index in [4.69, 9.17) is 4.74 Å². The predicted molar refractivity (Wildman–Crippen MR) is 75.9 cm³/mol. The molecule has 0 heterocycles. The van der Waals surface area contributed by atoms with Gasteiger partial charge in [0, 0.05) is 7.11 Å². The molecule has 1 aromatic carbocycles. The maximum absolute atomic E-state index is 5.63. The van der Waals surface area contributed by atoms with E-state index in [0.717, 1.165) is 12.3 Å². The first-order valence-corrected chi connectivity index (χ1v) is 7.10. The van der Waals surface area contributed by atoms with Crippen LogP contribution in [-0.2, 0) is 4.74 Å². The third-order valence-corrected chi connectivity index (χ3v) is 4.26. The summed E-state index contributed by atoms with van der Waals surface area (Å²) in [6, 6.07) is 9.17. The van der Waals surface area contributed by atoms with Crippen LogP contribution in [0.15, 0.2) is 24.3 Å². The van der Waals surface area contributed by atoms with E-state index in [9.17, 15) is 0 Å². The van der Waals surface area contributed by atoms with Gasteiger partial charge in [-0.1, -0.05) is 37.6 Å². The Morgan fingerprint density at radius 3 is 2.56 bits per heavy atom. The van der Waals surface area contributed by atoms with Gasteiger partial charge in [-0.2, -0.15) is 0 Å². The summed E-state index contributed by atoms with van der Waals surface area (Å²) in [5, 5.41) is 3.44. The molecule has 1 fully saturated rings. The number of nitrogens with one attached hydrogen (secondary N) is 1. The highest BCUT2D eigenvalue weighted by Gasteiger charge is 2.27. The quantitative estimate of drug-likeness (QED) is 0.828. The zero-order chi connectivity index (χ0) is 13.0. The van der Waals surface area contributed by atoms with E-state index in [1.165, 1.54) is 30.4 Å². The average Bonchev–Trinajstić information content (AvgIpc) is 2.35. The molecule has 1 aliphatic rings. The first kappa shape index (κ1) is 13.6. The van der Waals surface area contributed by atoms with Gasteiger partial charge in [0.2, 0.25) is 0 Å². The van der Waals surface area contributed by atoms with E-state index in [1.807, 2.05) is 14.2 Å². The van der Waals surface area contributed by atoms with Crippen LogP contribution in [-0.4, -0.2) is 20.3 Å². The van der Waals surface area contributed by atoms with Gasteiger partial charge in [-0.15, -0.1) is 0 Å². The predicted octanol–water partition coefficient (Wildman–Crippen LogP) is 3.64. The molecule has 100 valence electrons. The number of hydrogen-bond donors (Lipinski definition) is 1. The molecule has 0 radical (unpaired) electrons. The Labute approximate surface area is 111 Å². The Morgan fingerprint density at radius 2 is 2.06 bits per heavy atom. The Morgan fingerprint density at radius 1 is 1.33 bits per heavy atom. The van der Waals surface area contributed by atoms with Crippen molar-refractivity contribution in [2.45, 2.75) is 50.7 Å². The van der Waals surface area contributed by atoms with Crippen LogP contribution in [0.25, 0.3) is 0 Å². The van der Waals surface area contributed by atoms with Crippen molar-refractivity contribution in [3.63, 3.8) is 0 Å². The van der Waals surface area contributed by atoms with E-state index < -0.39 is 0 Å². The van der Waals surface area contributed by atoms with Crippen molar-refractivity contribution in [3.8, 4) is 0 Å². The Kier molecular flexibility index (Phi) is 4.79. The highest BCUT2D eigenvalue weighted by molar-refractivity contribution is 5.34. The minimum Gasteiger partial charge on any atom is -0.379 e. The third kappa shape index (κ3) is 2.60. The van der Waals surface area contributed by atoms with Crippen molar-refractivity contribution in [1.82, 2.24) is 5.32 Å². The van der Waals surface area contributed by atoms with E-state index in [0.29, 0.717) is 6.04 Å². The van der Waals surface area contributed by atoms with Gasteiger partial charge in [-0.3, -0.25) is 0 Å². The number of rotatable bonds is 6. The lowest BCUT2D eigenvalue weighted by molar-refractivity contribution is 0.0670. The van der Waals surface area contributed by atoms with Gasteiger partial charge in [-0.25, -0.2) is 0 Å². The van der Waals surface area contributed by atoms with Gasteiger partial charge < -0.3 is 10.1 Å². The van der Waals surface area contributed by atoms with E-state index in [-0.39, 0.29) is 6.10 Å². The van der Waals surface area contributed by atoms with Crippen molar-refractivity contribution in [1.29, 1.82) is 0 Å². The van der Waals surface area contributed by atoms with Crippen LogP contribution >= 0.6 is 0 Å². The van der Waals surface area contributed by atoms with Crippen LogP contribution in [0.3, 0.4) is 0 Å². The Balaban J connectivity index is 2.29. The standard InChI is InChI=1S/C16H25NO/c1-4-15(18-3)16(17-2)14-11-6-5-10-13(14)12-8-7-9-12/h5-6,10-12,15-17H,4,7-9H2,1-3H3. The van der Waals surface area contributed by atoms with Crippen LogP contribution in [0.2, 0.25) is 0 Å².